The van der Waals surface area contributed by atoms with Gasteiger partial charge in [0.1, 0.15) is 6.04 Å². The van der Waals surface area contributed by atoms with Gasteiger partial charge in [-0.3, -0.25) is 4.79 Å². The van der Waals surface area contributed by atoms with Crippen molar-refractivity contribution < 1.29 is 21.6 Å². The average Bonchev–Trinajstić information content (AvgIpc) is 3.22. The summed E-state index contributed by atoms with van der Waals surface area (Å²) in [6.07, 6.45) is 0.959. The number of rotatable bonds is 6. The first-order valence-corrected chi connectivity index (χ1v) is 13.2. The van der Waals surface area contributed by atoms with Gasteiger partial charge in [-0.2, -0.15) is 4.31 Å². The molecule has 174 valence electrons. The highest BCUT2D eigenvalue weighted by molar-refractivity contribution is 7.89. The number of amides is 1. The van der Waals surface area contributed by atoms with Crippen molar-refractivity contribution in [3.05, 3.63) is 53.1 Å². The maximum atomic E-state index is 13.2. The minimum atomic E-state index is -3.83. The van der Waals surface area contributed by atoms with Gasteiger partial charge in [-0.1, -0.05) is 17.7 Å². The third-order valence-electron chi connectivity index (χ3n) is 5.81. The topological polar surface area (TPSA) is 104 Å². The molecule has 1 fully saturated rings. The molecule has 10 heteroatoms. The van der Waals surface area contributed by atoms with Crippen molar-refractivity contribution in [3.8, 4) is 0 Å². The molecule has 0 saturated carbocycles. The first kappa shape index (κ1) is 24.4. The van der Waals surface area contributed by atoms with Crippen LogP contribution < -0.4 is 5.32 Å². The molecule has 1 unspecified atom stereocenters. The summed E-state index contributed by atoms with van der Waals surface area (Å²) >= 11 is 0. The molecule has 1 saturated heterocycles. The second-order valence-corrected chi connectivity index (χ2v) is 12.3. The largest absolute Gasteiger partial charge is 0.324 e. The number of carbonyl (C=O) groups excluding carboxylic acids is 1. The predicted molar refractivity (Wildman–Crippen MR) is 124 cm³/mol. The lowest BCUT2D eigenvalue weighted by Crippen LogP contribution is -2.43. The van der Waals surface area contributed by atoms with Crippen molar-refractivity contribution in [2.75, 3.05) is 26.0 Å². The van der Waals surface area contributed by atoms with E-state index in [9.17, 15) is 21.6 Å². The Balaban J connectivity index is 1.91. The van der Waals surface area contributed by atoms with Crippen LogP contribution in [-0.4, -0.2) is 58.0 Å². The molecule has 2 aromatic carbocycles. The number of aryl methyl sites for hydroxylation is 2. The first-order chi connectivity index (χ1) is 14.9. The van der Waals surface area contributed by atoms with Crippen LogP contribution in [0.25, 0.3) is 0 Å². The second kappa shape index (κ2) is 8.93. The van der Waals surface area contributed by atoms with E-state index in [0.717, 1.165) is 15.4 Å². The third-order valence-corrected chi connectivity index (χ3v) is 9.53. The molecule has 0 aromatic heterocycles. The lowest BCUT2D eigenvalue weighted by atomic mass is 10.1. The summed E-state index contributed by atoms with van der Waals surface area (Å²) in [7, 11) is -4.65. The molecular weight excluding hydrogens is 450 g/mol. The fourth-order valence-electron chi connectivity index (χ4n) is 3.67. The maximum absolute atomic E-state index is 13.2. The van der Waals surface area contributed by atoms with Crippen LogP contribution in [-0.2, 0) is 24.8 Å². The number of nitrogens with one attached hydrogen (secondary N) is 1. The number of benzene rings is 2. The number of carbonyl (C=O) groups is 1. The molecule has 1 amide bonds. The second-order valence-electron chi connectivity index (χ2n) is 8.28. The monoisotopic (exact) mass is 479 g/mol. The van der Waals surface area contributed by atoms with Gasteiger partial charge in [0.25, 0.3) is 0 Å². The van der Waals surface area contributed by atoms with Crippen molar-refractivity contribution in [1.29, 1.82) is 0 Å². The Kier molecular flexibility index (Phi) is 6.80. The molecule has 1 aliphatic heterocycles. The van der Waals surface area contributed by atoms with Gasteiger partial charge in [-0.25, -0.2) is 21.1 Å². The number of hydrogen-bond donors (Lipinski definition) is 1. The molecule has 8 nitrogen and oxygen atoms in total. The summed E-state index contributed by atoms with van der Waals surface area (Å²) in [5.41, 5.74) is 2.73. The summed E-state index contributed by atoms with van der Waals surface area (Å²) in [5, 5.41) is 2.78. The zero-order chi connectivity index (χ0) is 23.8. The van der Waals surface area contributed by atoms with Crippen LogP contribution in [0.15, 0.2) is 46.2 Å². The lowest BCUT2D eigenvalue weighted by Gasteiger charge is -2.24. The average molecular weight is 480 g/mol. The van der Waals surface area contributed by atoms with E-state index in [1.807, 2.05) is 6.92 Å². The zero-order valence-corrected chi connectivity index (χ0v) is 20.5. The summed E-state index contributed by atoms with van der Waals surface area (Å²) < 4.78 is 53.8. The molecule has 1 N–H and O–H groups in total. The molecule has 0 aliphatic carbocycles. The Labute approximate surface area is 190 Å². The Morgan fingerprint density at radius 2 is 1.62 bits per heavy atom. The van der Waals surface area contributed by atoms with Crippen LogP contribution in [0.2, 0.25) is 0 Å². The molecule has 1 atom stereocenters. The molecule has 0 bridgehead atoms. The third kappa shape index (κ3) is 4.59. The van der Waals surface area contributed by atoms with Crippen LogP contribution in [0.5, 0.6) is 0 Å². The van der Waals surface area contributed by atoms with Crippen molar-refractivity contribution in [1.82, 2.24) is 8.61 Å². The maximum Gasteiger partial charge on any atom is 0.243 e. The number of anilines is 1. The van der Waals surface area contributed by atoms with Gasteiger partial charge in [0.05, 0.1) is 9.79 Å². The Morgan fingerprint density at radius 1 is 1.00 bits per heavy atom. The van der Waals surface area contributed by atoms with Crippen molar-refractivity contribution in [3.63, 3.8) is 0 Å². The van der Waals surface area contributed by atoms with Gasteiger partial charge in [-0.15, -0.1) is 0 Å². The first-order valence-electron chi connectivity index (χ1n) is 10.3. The SMILES string of the molecule is Cc1ccc(S(=O)(=O)N2CCCC2C(=O)Nc2cc(S(=O)(=O)N(C)C)cc(C)c2C)cc1. The smallest absolute Gasteiger partial charge is 0.243 e. The number of hydrogen-bond acceptors (Lipinski definition) is 5. The van der Waals surface area contributed by atoms with Gasteiger partial charge < -0.3 is 5.32 Å². The molecule has 1 heterocycles. The van der Waals surface area contributed by atoms with Crippen LogP contribution in [0.1, 0.15) is 29.5 Å². The summed E-state index contributed by atoms with van der Waals surface area (Å²) in [5.74, 6) is -0.472. The van der Waals surface area contributed by atoms with Crippen LogP contribution in [0.4, 0.5) is 5.69 Å². The summed E-state index contributed by atoms with van der Waals surface area (Å²) in [6, 6.07) is 8.65. The summed E-state index contributed by atoms with van der Waals surface area (Å²) in [6.45, 7) is 5.68. The van der Waals surface area contributed by atoms with E-state index in [1.54, 1.807) is 44.2 Å². The van der Waals surface area contributed by atoms with Crippen molar-refractivity contribution in [2.24, 2.45) is 0 Å². The highest BCUT2D eigenvalue weighted by atomic mass is 32.2. The van der Waals surface area contributed by atoms with E-state index in [1.165, 1.54) is 24.5 Å². The highest BCUT2D eigenvalue weighted by Gasteiger charge is 2.39. The molecule has 32 heavy (non-hydrogen) atoms. The van der Waals surface area contributed by atoms with Gasteiger partial charge in [0.2, 0.25) is 26.0 Å². The summed E-state index contributed by atoms with van der Waals surface area (Å²) in [4.78, 5) is 13.4. The zero-order valence-electron chi connectivity index (χ0n) is 18.9. The van der Waals surface area contributed by atoms with Gasteiger partial charge >= 0.3 is 0 Å². The normalized spacial score (nSPS) is 17.6. The van der Waals surface area contributed by atoms with E-state index in [2.05, 4.69) is 5.32 Å². The van der Waals surface area contributed by atoms with E-state index in [0.29, 0.717) is 24.1 Å². The molecule has 2 aromatic rings. The van der Waals surface area contributed by atoms with Gasteiger partial charge in [-0.05, 0) is 69.0 Å². The molecule has 0 spiro atoms. The molecular formula is C22H29N3O5S2. The van der Waals surface area contributed by atoms with Crippen molar-refractivity contribution >= 4 is 31.6 Å². The standard InChI is InChI=1S/C22H29N3O5S2/c1-15-8-10-18(11-9-15)32(29,30)25-12-6-7-21(25)22(26)23-20-14-19(13-16(2)17(20)3)31(27,28)24(4)5/h8-11,13-14,21H,6-7,12H2,1-5H3,(H,23,26). The van der Waals surface area contributed by atoms with E-state index in [4.69, 9.17) is 0 Å². The van der Waals surface area contributed by atoms with E-state index < -0.39 is 32.0 Å². The van der Waals surface area contributed by atoms with Crippen LogP contribution in [0.3, 0.4) is 0 Å². The van der Waals surface area contributed by atoms with E-state index >= 15 is 0 Å². The Bertz CT molecular complexity index is 1240. The highest BCUT2D eigenvalue weighted by Crippen LogP contribution is 2.29. The quantitative estimate of drug-likeness (QED) is 0.686. The fraction of sp³-hybridized carbons (Fsp3) is 0.409. The van der Waals surface area contributed by atoms with Crippen LogP contribution >= 0.6 is 0 Å². The van der Waals surface area contributed by atoms with Crippen molar-refractivity contribution in [2.45, 2.75) is 49.4 Å². The molecule has 3 rings (SSSR count). The van der Waals surface area contributed by atoms with E-state index in [-0.39, 0.29) is 16.3 Å². The number of nitrogens with zero attached hydrogens (tertiary/aromatic N) is 2. The minimum Gasteiger partial charge on any atom is -0.324 e. The van der Waals surface area contributed by atoms with Gasteiger partial charge in [0, 0.05) is 26.3 Å². The number of sulfonamides is 2. The molecule has 1 aliphatic rings. The van der Waals surface area contributed by atoms with Gasteiger partial charge in [0.15, 0.2) is 0 Å². The Hall–Kier alpha value is -2.27. The fourth-order valence-corrected chi connectivity index (χ4v) is 6.34. The lowest BCUT2D eigenvalue weighted by molar-refractivity contribution is -0.119. The van der Waals surface area contributed by atoms with Crippen LogP contribution in [0, 0.1) is 20.8 Å². The predicted octanol–water partition coefficient (Wildman–Crippen LogP) is 2.65. The molecule has 0 radical (unpaired) electrons. The Morgan fingerprint density at radius 3 is 2.22 bits per heavy atom. The minimum absolute atomic E-state index is 0.0662.